The summed E-state index contributed by atoms with van der Waals surface area (Å²) < 4.78 is 37.2. The summed E-state index contributed by atoms with van der Waals surface area (Å²) in [6, 6.07) is 0.290. The summed E-state index contributed by atoms with van der Waals surface area (Å²) in [5, 5.41) is 7.73. The molecule has 1 unspecified atom stereocenters. The van der Waals surface area contributed by atoms with E-state index in [0.29, 0.717) is 23.9 Å². The highest BCUT2D eigenvalue weighted by Gasteiger charge is 2.33. The van der Waals surface area contributed by atoms with Gasteiger partial charge in [0.1, 0.15) is 0 Å². The molecule has 0 aliphatic rings. The molecule has 1 heterocycles. The number of nitrogens with one attached hydrogen (secondary N) is 2. The van der Waals surface area contributed by atoms with Crippen molar-refractivity contribution >= 4 is 17.3 Å². The van der Waals surface area contributed by atoms with Crippen LogP contribution < -0.4 is 10.6 Å². The number of guanidine groups is 1. The second-order valence-electron chi connectivity index (χ2n) is 4.33. The summed E-state index contributed by atoms with van der Waals surface area (Å²) in [7, 11) is 1.66. The minimum atomic E-state index is -4.36. The van der Waals surface area contributed by atoms with Gasteiger partial charge in [0.05, 0.1) is 5.01 Å². The molecule has 1 atom stereocenters. The summed E-state index contributed by atoms with van der Waals surface area (Å²) in [5.74, 6) is 0.645. The Morgan fingerprint density at radius 3 is 2.70 bits per heavy atom. The molecule has 0 saturated carbocycles. The minimum absolute atomic E-state index is 0.290. The number of thiazole rings is 1. The van der Waals surface area contributed by atoms with Gasteiger partial charge in [-0.1, -0.05) is 6.92 Å². The van der Waals surface area contributed by atoms with Gasteiger partial charge in [-0.15, -0.1) is 11.3 Å². The topological polar surface area (TPSA) is 49.3 Å². The number of alkyl halides is 3. The Balaban J connectivity index is 2.42. The van der Waals surface area contributed by atoms with Crippen molar-refractivity contribution in [2.24, 2.45) is 4.99 Å². The van der Waals surface area contributed by atoms with Gasteiger partial charge in [-0.05, 0) is 13.3 Å². The number of aromatic nitrogens is 1. The maximum Gasteiger partial charge on any atom is 0.434 e. The molecule has 0 aliphatic carbocycles. The molecule has 0 radical (unpaired) electrons. The molecule has 0 aliphatic heterocycles. The molecule has 0 amide bonds. The van der Waals surface area contributed by atoms with Crippen LogP contribution in [-0.4, -0.2) is 30.6 Å². The number of hydrogen-bond donors (Lipinski definition) is 2. The molecule has 8 heteroatoms. The third-order valence-electron chi connectivity index (χ3n) is 2.69. The standard InChI is InChI=1S/C12H19F3N4S/c1-4-8(2)18-11(16-3)17-6-5-10-19-9(7-20-10)12(13,14)15/h7-8H,4-6H2,1-3H3,(H2,16,17,18). The van der Waals surface area contributed by atoms with E-state index in [4.69, 9.17) is 0 Å². The Labute approximate surface area is 120 Å². The second-order valence-corrected chi connectivity index (χ2v) is 5.27. The summed E-state index contributed by atoms with van der Waals surface area (Å²) >= 11 is 1.02. The molecule has 20 heavy (non-hydrogen) atoms. The van der Waals surface area contributed by atoms with Crippen molar-refractivity contribution in [3.05, 3.63) is 16.1 Å². The predicted molar refractivity (Wildman–Crippen MR) is 75.1 cm³/mol. The SMILES string of the molecule is CCC(C)NC(=NC)NCCc1nc(C(F)(F)F)cs1. The van der Waals surface area contributed by atoms with Crippen molar-refractivity contribution in [3.8, 4) is 0 Å². The molecule has 1 aromatic rings. The largest absolute Gasteiger partial charge is 0.434 e. The summed E-state index contributed by atoms with van der Waals surface area (Å²) in [4.78, 5) is 7.62. The minimum Gasteiger partial charge on any atom is -0.356 e. The van der Waals surface area contributed by atoms with Crippen molar-refractivity contribution in [1.82, 2.24) is 15.6 Å². The fourth-order valence-corrected chi connectivity index (χ4v) is 2.18. The lowest BCUT2D eigenvalue weighted by molar-refractivity contribution is -0.140. The summed E-state index contributed by atoms with van der Waals surface area (Å²) in [6.07, 6.45) is -2.97. The maximum atomic E-state index is 12.4. The quantitative estimate of drug-likeness (QED) is 0.649. The van der Waals surface area contributed by atoms with Crippen LogP contribution in [0, 0.1) is 0 Å². The fraction of sp³-hybridized carbons (Fsp3) is 0.667. The van der Waals surface area contributed by atoms with Gasteiger partial charge in [0, 0.05) is 31.4 Å². The first-order valence-corrected chi connectivity index (χ1v) is 7.23. The van der Waals surface area contributed by atoms with Gasteiger partial charge in [-0.25, -0.2) is 4.98 Å². The molecule has 0 aromatic carbocycles. The van der Waals surface area contributed by atoms with Crippen LogP contribution in [-0.2, 0) is 12.6 Å². The highest BCUT2D eigenvalue weighted by molar-refractivity contribution is 7.09. The van der Waals surface area contributed by atoms with Gasteiger partial charge in [-0.2, -0.15) is 13.2 Å². The van der Waals surface area contributed by atoms with Crippen LogP contribution in [0.3, 0.4) is 0 Å². The maximum absolute atomic E-state index is 12.4. The molecule has 4 nitrogen and oxygen atoms in total. The molecule has 0 fully saturated rings. The van der Waals surface area contributed by atoms with E-state index in [1.54, 1.807) is 7.05 Å². The zero-order chi connectivity index (χ0) is 15.2. The number of rotatable bonds is 5. The normalized spacial score (nSPS) is 14.2. The molecule has 0 bridgehead atoms. The van der Waals surface area contributed by atoms with Gasteiger partial charge in [0.15, 0.2) is 11.7 Å². The van der Waals surface area contributed by atoms with E-state index in [0.717, 1.165) is 23.1 Å². The molecule has 1 aromatic heterocycles. The highest BCUT2D eigenvalue weighted by Crippen LogP contribution is 2.29. The molecular weight excluding hydrogens is 289 g/mol. The predicted octanol–water partition coefficient (Wildman–Crippen LogP) is 2.67. The van der Waals surface area contributed by atoms with Crippen LogP contribution in [0.2, 0.25) is 0 Å². The first kappa shape index (κ1) is 16.7. The first-order valence-electron chi connectivity index (χ1n) is 6.35. The molecule has 2 N–H and O–H groups in total. The van der Waals surface area contributed by atoms with Crippen LogP contribution in [0.4, 0.5) is 13.2 Å². The van der Waals surface area contributed by atoms with Crippen LogP contribution in [0.1, 0.15) is 31.0 Å². The lowest BCUT2D eigenvalue weighted by atomic mass is 10.3. The van der Waals surface area contributed by atoms with E-state index in [9.17, 15) is 13.2 Å². The van der Waals surface area contributed by atoms with Gasteiger partial charge in [0.2, 0.25) is 0 Å². The van der Waals surface area contributed by atoms with Crippen molar-refractivity contribution in [2.45, 2.75) is 38.9 Å². The van der Waals surface area contributed by atoms with E-state index in [1.807, 2.05) is 6.92 Å². The summed E-state index contributed by atoms with van der Waals surface area (Å²) in [6.45, 7) is 4.57. The van der Waals surface area contributed by atoms with Gasteiger partial charge < -0.3 is 10.6 Å². The third-order valence-corrected chi connectivity index (χ3v) is 3.60. The Bertz CT molecular complexity index is 442. The molecule has 0 spiro atoms. The molecule has 114 valence electrons. The molecule has 1 rings (SSSR count). The number of aliphatic imine (C=N–C) groups is 1. The van der Waals surface area contributed by atoms with Crippen molar-refractivity contribution in [3.63, 3.8) is 0 Å². The Kier molecular flexibility index (Phi) is 6.25. The Morgan fingerprint density at radius 1 is 1.50 bits per heavy atom. The number of hydrogen-bond acceptors (Lipinski definition) is 3. The van der Waals surface area contributed by atoms with Crippen LogP contribution in [0.15, 0.2) is 10.4 Å². The van der Waals surface area contributed by atoms with Crippen LogP contribution in [0.25, 0.3) is 0 Å². The van der Waals surface area contributed by atoms with E-state index in [2.05, 4.69) is 27.5 Å². The fourth-order valence-electron chi connectivity index (χ4n) is 1.37. The van der Waals surface area contributed by atoms with Crippen LogP contribution >= 0.6 is 11.3 Å². The van der Waals surface area contributed by atoms with Gasteiger partial charge >= 0.3 is 6.18 Å². The highest BCUT2D eigenvalue weighted by atomic mass is 32.1. The number of nitrogens with zero attached hydrogens (tertiary/aromatic N) is 2. The molecule has 0 saturated heterocycles. The zero-order valence-electron chi connectivity index (χ0n) is 11.7. The third kappa shape index (κ3) is 5.36. The monoisotopic (exact) mass is 308 g/mol. The zero-order valence-corrected chi connectivity index (χ0v) is 12.5. The van der Waals surface area contributed by atoms with E-state index < -0.39 is 11.9 Å². The van der Waals surface area contributed by atoms with Crippen molar-refractivity contribution in [2.75, 3.05) is 13.6 Å². The first-order chi connectivity index (χ1) is 9.36. The second kappa shape index (κ2) is 7.47. The Hall–Kier alpha value is -1.31. The summed E-state index contributed by atoms with van der Waals surface area (Å²) in [5.41, 5.74) is -0.820. The number of halogens is 3. The van der Waals surface area contributed by atoms with Crippen LogP contribution in [0.5, 0.6) is 0 Å². The van der Waals surface area contributed by atoms with Crippen molar-refractivity contribution in [1.29, 1.82) is 0 Å². The Morgan fingerprint density at radius 2 is 2.20 bits per heavy atom. The van der Waals surface area contributed by atoms with E-state index in [1.165, 1.54) is 0 Å². The van der Waals surface area contributed by atoms with E-state index in [-0.39, 0.29) is 6.04 Å². The van der Waals surface area contributed by atoms with E-state index >= 15 is 0 Å². The lowest BCUT2D eigenvalue weighted by Gasteiger charge is -2.15. The van der Waals surface area contributed by atoms with Gasteiger partial charge in [0.25, 0.3) is 0 Å². The average molecular weight is 308 g/mol. The van der Waals surface area contributed by atoms with Gasteiger partial charge in [-0.3, -0.25) is 4.99 Å². The average Bonchev–Trinajstić information content (AvgIpc) is 2.86. The lowest BCUT2D eigenvalue weighted by Crippen LogP contribution is -2.42. The van der Waals surface area contributed by atoms with Crippen molar-refractivity contribution < 1.29 is 13.2 Å². The molecular formula is C12H19F3N4S. The smallest absolute Gasteiger partial charge is 0.356 e.